The highest BCUT2D eigenvalue weighted by molar-refractivity contribution is 6.03. The number of imidazole rings is 1. The highest BCUT2D eigenvalue weighted by atomic mass is 16.5. The summed E-state index contributed by atoms with van der Waals surface area (Å²) in [5.74, 6) is -1.37. The van der Waals surface area contributed by atoms with Crippen LogP contribution in [0.15, 0.2) is 59.6 Å². The second kappa shape index (κ2) is 8.30. The lowest BCUT2D eigenvalue weighted by Crippen LogP contribution is -2.31. The number of nitrogens with one attached hydrogen (secondary N) is 1. The van der Waals surface area contributed by atoms with Crippen molar-refractivity contribution in [1.29, 1.82) is 0 Å². The molecule has 0 fully saturated rings. The van der Waals surface area contributed by atoms with E-state index in [0.717, 1.165) is 28.1 Å². The zero-order valence-corrected chi connectivity index (χ0v) is 18.3. The molecular weight excluding hydrogens is 408 g/mol. The zero-order valence-electron chi connectivity index (χ0n) is 18.3. The standard InChI is InChI=1S/C24H24N4O4/c1-5-32-24(31)21-13(2)20(23(29)30)14(3)26-22(21)16-6-8-17(9-7-16)28-15(4)27-18-12-25-11-10-19(18)28/h6-13,26H,5H2,1-4H3,(H,29,30). The summed E-state index contributed by atoms with van der Waals surface area (Å²) in [6.07, 6.45) is 3.46. The molecule has 3 heterocycles. The first-order valence-electron chi connectivity index (χ1n) is 10.4. The molecule has 0 bridgehead atoms. The van der Waals surface area contributed by atoms with Crippen molar-refractivity contribution in [3.05, 3.63) is 71.0 Å². The Morgan fingerprint density at radius 3 is 2.53 bits per heavy atom. The van der Waals surface area contributed by atoms with Crippen LogP contribution in [0.4, 0.5) is 0 Å². The van der Waals surface area contributed by atoms with Gasteiger partial charge in [0.25, 0.3) is 0 Å². The highest BCUT2D eigenvalue weighted by Gasteiger charge is 2.34. The molecule has 1 unspecified atom stereocenters. The van der Waals surface area contributed by atoms with E-state index in [4.69, 9.17) is 4.74 Å². The third-order valence-corrected chi connectivity index (χ3v) is 5.62. The third kappa shape index (κ3) is 3.53. The van der Waals surface area contributed by atoms with Gasteiger partial charge >= 0.3 is 11.9 Å². The minimum absolute atomic E-state index is 0.155. The van der Waals surface area contributed by atoms with Crippen molar-refractivity contribution in [1.82, 2.24) is 19.9 Å². The van der Waals surface area contributed by atoms with E-state index >= 15 is 0 Å². The van der Waals surface area contributed by atoms with Crippen LogP contribution in [0.25, 0.3) is 22.4 Å². The Kier molecular flexibility index (Phi) is 5.52. The Morgan fingerprint density at radius 1 is 1.16 bits per heavy atom. The molecule has 1 aliphatic rings. The number of esters is 1. The number of dihydropyridines is 1. The fourth-order valence-corrected chi connectivity index (χ4v) is 4.22. The lowest BCUT2D eigenvalue weighted by Gasteiger charge is -2.28. The number of allylic oxidation sites excluding steroid dienone is 1. The average molecular weight is 432 g/mol. The molecule has 0 spiro atoms. The number of rotatable bonds is 5. The molecule has 1 atom stereocenters. The second-order valence-corrected chi connectivity index (χ2v) is 7.61. The van der Waals surface area contributed by atoms with Crippen molar-refractivity contribution in [2.45, 2.75) is 27.7 Å². The van der Waals surface area contributed by atoms with Gasteiger partial charge in [-0.25, -0.2) is 14.6 Å². The van der Waals surface area contributed by atoms with Gasteiger partial charge in [-0.05, 0) is 44.5 Å². The molecule has 8 nitrogen and oxygen atoms in total. The molecule has 4 rings (SSSR count). The van der Waals surface area contributed by atoms with E-state index in [9.17, 15) is 14.7 Å². The van der Waals surface area contributed by atoms with Gasteiger partial charge in [-0.1, -0.05) is 19.1 Å². The molecular formula is C24H24N4O4. The van der Waals surface area contributed by atoms with E-state index in [0.29, 0.717) is 17.0 Å². The van der Waals surface area contributed by atoms with Crippen molar-refractivity contribution < 1.29 is 19.4 Å². The Balaban J connectivity index is 1.80. The molecule has 2 N–H and O–H groups in total. The first-order chi connectivity index (χ1) is 15.3. The number of hydrogen-bond acceptors (Lipinski definition) is 6. The van der Waals surface area contributed by atoms with Crippen LogP contribution in [0.1, 0.15) is 32.2 Å². The second-order valence-electron chi connectivity index (χ2n) is 7.61. The van der Waals surface area contributed by atoms with Gasteiger partial charge in [0.2, 0.25) is 0 Å². The van der Waals surface area contributed by atoms with E-state index < -0.39 is 17.9 Å². The highest BCUT2D eigenvalue weighted by Crippen LogP contribution is 2.35. The fraction of sp³-hybridized carbons (Fsp3) is 0.250. The smallest absolute Gasteiger partial charge is 0.336 e. The Morgan fingerprint density at radius 2 is 1.88 bits per heavy atom. The van der Waals surface area contributed by atoms with Crippen LogP contribution >= 0.6 is 0 Å². The largest absolute Gasteiger partial charge is 0.478 e. The van der Waals surface area contributed by atoms with E-state index in [1.807, 2.05) is 41.8 Å². The molecule has 0 saturated carbocycles. The molecule has 0 aliphatic carbocycles. The number of aliphatic carboxylic acids is 1. The summed E-state index contributed by atoms with van der Waals surface area (Å²) < 4.78 is 7.28. The van der Waals surface area contributed by atoms with Gasteiger partial charge in [0.05, 0.1) is 35.2 Å². The monoisotopic (exact) mass is 432 g/mol. The van der Waals surface area contributed by atoms with Crippen LogP contribution < -0.4 is 5.32 Å². The lowest BCUT2D eigenvalue weighted by molar-refractivity contribution is -0.139. The first kappa shape index (κ1) is 21.3. The molecule has 1 aromatic carbocycles. The summed E-state index contributed by atoms with van der Waals surface area (Å²) in [6, 6.07) is 9.59. The van der Waals surface area contributed by atoms with Gasteiger partial charge < -0.3 is 15.2 Å². The maximum Gasteiger partial charge on any atom is 0.336 e. The number of ether oxygens (including phenoxy) is 1. The molecule has 1 aliphatic heterocycles. The minimum Gasteiger partial charge on any atom is -0.478 e. The number of nitrogens with zero attached hydrogens (tertiary/aromatic N) is 3. The van der Waals surface area contributed by atoms with Crippen LogP contribution in [-0.2, 0) is 14.3 Å². The summed E-state index contributed by atoms with van der Waals surface area (Å²) in [6.45, 7) is 7.27. The maximum absolute atomic E-state index is 12.8. The van der Waals surface area contributed by atoms with Gasteiger partial charge in [-0.15, -0.1) is 0 Å². The summed E-state index contributed by atoms with van der Waals surface area (Å²) in [5, 5.41) is 12.8. The Bertz CT molecular complexity index is 1290. The van der Waals surface area contributed by atoms with Crippen molar-refractivity contribution in [3.8, 4) is 5.69 Å². The van der Waals surface area contributed by atoms with E-state index in [1.54, 1.807) is 33.2 Å². The SMILES string of the molecule is CCOC(=O)C1=C(c2ccc(-n3c(C)nc4cnccc43)cc2)NC(C)=C(C(=O)O)C1C. The molecule has 164 valence electrons. The summed E-state index contributed by atoms with van der Waals surface area (Å²) >= 11 is 0. The van der Waals surface area contributed by atoms with Gasteiger partial charge in [-0.3, -0.25) is 9.55 Å². The molecule has 3 aromatic rings. The Labute approximate surface area is 185 Å². The van der Waals surface area contributed by atoms with Gasteiger partial charge in [0, 0.05) is 23.5 Å². The van der Waals surface area contributed by atoms with Crippen molar-refractivity contribution in [2.75, 3.05) is 6.61 Å². The van der Waals surface area contributed by atoms with Crippen molar-refractivity contribution in [3.63, 3.8) is 0 Å². The van der Waals surface area contributed by atoms with E-state index in [-0.39, 0.29) is 12.2 Å². The van der Waals surface area contributed by atoms with E-state index in [1.165, 1.54) is 0 Å². The van der Waals surface area contributed by atoms with Gasteiger partial charge in [-0.2, -0.15) is 0 Å². The fourth-order valence-electron chi connectivity index (χ4n) is 4.22. The van der Waals surface area contributed by atoms with Crippen LogP contribution in [0.2, 0.25) is 0 Å². The van der Waals surface area contributed by atoms with Crippen LogP contribution in [0.5, 0.6) is 0 Å². The van der Waals surface area contributed by atoms with Gasteiger partial charge in [0.1, 0.15) is 11.3 Å². The van der Waals surface area contributed by atoms with Crippen LogP contribution in [0, 0.1) is 12.8 Å². The topological polar surface area (TPSA) is 106 Å². The number of aromatic nitrogens is 3. The van der Waals surface area contributed by atoms with Crippen LogP contribution in [0.3, 0.4) is 0 Å². The summed E-state index contributed by atoms with van der Waals surface area (Å²) in [5.41, 5.74) is 4.96. The normalized spacial score (nSPS) is 16.3. The maximum atomic E-state index is 12.8. The molecule has 0 saturated heterocycles. The zero-order chi connectivity index (χ0) is 23.0. The Hall–Kier alpha value is -3.94. The van der Waals surface area contributed by atoms with Gasteiger partial charge in [0.15, 0.2) is 0 Å². The van der Waals surface area contributed by atoms with Crippen LogP contribution in [-0.4, -0.2) is 38.2 Å². The van der Waals surface area contributed by atoms with E-state index in [2.05, 4.69) is 15.3 Å². The predicted molar refractivity (Wildman–Crippen MR) is 120 cm³/mol. The number of carbonyl (C=O) groups excluding carboxylic acids is 1. The average Bonchev–Trinajstić information content (AvgIpc) is 3.09. The number of pyridine rings is 1. The molecule has 32 heavy (non-hydrogen) atoms. The molecule has 2 aromatic heterocycles. The quantitative estimate of drug-likeness (QED) is 0.593. The third-order valence-electron chi connectivity index (χ3n) is 5.62. The molecule has 0 amide bonds. The molecule has 0 radical (unpaired) electrons. The number of hydrogen-bond donors (Lipinski definition) is 2. The predicted octanol–water partition coefficient (Wildman–Crippen LogP) is 3.60. The number of carboxylic acid groups (broad SMARTS) is 1. The van der Waals surface area contributed by atoms with Crippen molar-refractivity contribution in [2.24, 2.45) is 5.92 Å². The number of carbonyl (C=O) groups is 2. The number of aryl methyl sites for hydroxylation is 1. The number of fused-ring (bicyclic) bond motifs is 1. The number of carboxylic acids is 1. The number of benzene rings is 1. The van der Waals surface area contributed by atoms with Crippen molar-refractivity contribution >= 4 is 28.7 Å². The lowest BCUT2D eigenvalue weighted by atomic mass is 9.85. The minimum atomic E-state index is -1.06. The summed E-state index contributed by atoms with van der Waals surface area (Å²) in [7, 11) is 0. The molecule has 8 heteroatoms. The summed E-state index contributed by atoms with van der Waals surface area (Å²) in [4.78, 5) is 33.2. The first-order valence-corrected chi connectivity index (χ1v) is 10.4.